The number of carboxylic acid groups (broad SMARTS) is 1. The highest BCUT2D eigenvalue weighted by Crippen LogP contribution is 2.29. The maximum atomic E-state index is 12.5. The fourth-order valence-corrected chi connectivity index (χ4v) is 4.57. The van der Waals surface area contributed by atoms with E-state index in [0.717, 1.165) is 31.4 Å². The zero-order valence-corrected chi connectivity index (χ0v) is 15.3. The van der Waals surface area contributed by atoms with E-state index in [4.69, 9.17) is 0 Å². The van der Waals surface area contributed by atoms with Crippen LogP contribution in [0.1, 0.15) is 35.1 Å². The predicted octanol–water partition coefficient (Wildman–Crippen LogP) is 0.829. The van der Waals surface area contributed by atoms with Crippen LogP contribution in [0.3, 0.4) is 0 Å². The minimum absolute atomic E-state index is 0.0207. The summed E-state index contributed by atoms with van der Waals surface area (Å²) in [6.45, 7) is 2.29. The number of nitrogens with zero attached hydrogens (tertiary/aromatic N) is 5. The molecule has 1 aliphatic carbocycles. The largest absolute Gasteiger partial charge is 0.480 e. The third-order valence-corrected chi connectivity index (χ3v) is 5.95. The van der Waals surface area contributed by atoms with Crippen LogP contribution in [0.15, 0.2) is 0 Å². The minimum Gasteiger partial charge on any atom is -0.480 e. The summed E-state index contributed by atoms with van der Waals surface area (Å²) in [6.07, 6.45) is 4.28. The molecule has 1 amide bonds. The average molecular weight is 376 g/mol. The second-order valence-corrected chi connectivity index (χ2v) is 7.76. The van der Waals surface area contributed by atoms with E-state index in [-0.39, 0.29) is 25.5 Å². The van der Waals surface area contributed by atoms with Crippen LogP contribution < -0.4 is 5.32 Å². The van der Waals surface area contributed by atoms with Gasteiger partial charge in [-0.1, -0.05) is 0 Å². The van der Waals surface area contributed by atoms with Gasteiger partial charge >= 0.3 is 5.97 Å². The molecule has 26 heavy (non-hydrogen) atoms. The Morgan fingerprint density at radius 1 is 1.31 bits per heavy atom. The zero-order chi connectivity index (χ0) is 18.3. The van der Waals surface area contributed by atoms with Gasteiger partial charge in [0, 0.05) is 4.88 Å². The lowest BCUT2D eigenvalue weighted by molar-refractivity contribution is -0.145. The number of rotatable bonds is 4. The van der Waals surface area contributed by atoms with Crippen molar-refractivity contribution < 1.29 is 14.7 Å². The maximum Gasteiger partial charge on any atom is 0.322 e. The Balaban J connectivity index is 1.45. The van der Waals surface area contributed by atoms with Crippen molar-refractivity contribution in [2.45, 2.75) is 51.7 Å². The summed E-state index contributed by atoms with van der Waals surface area (Å²) in [6, 6.07) is -0.785. The number of carbonyl (C=O) groups excluding carboxylic acids is 1. The van der Waals surface area contributed by atoms with Crippen molar-refractivity contribution in [2.75, 3.05) is 11.9 Å². The van der Waals surface area contributed by atoms with Gasteiger partial charge in [0.1, 0.15) is 17.7 Å². The van der Waals surface area contributed by atoms with E-state index in [1.807, 2.05) is 0 Å². The van der Waals surface area contributed by atoms with Gasteiger partial charge in [-0.25, -0.2) is 4.98 Å². The lowest BCUT2D eigenvalue weighted by atomic mass is 10.0. The van der Waals surface area contributed by atoms with Gasteiger partial charge in [0.15, 0.2) is 5.13 Å². The molecule has 0 bridgehead atoms. The third-order valence-electron chi connectivity index (χ3n) is 4.88. The average Bonchev–Trinajstić information content (AvgIpc) is 3.16. The molecule has 2 aliphatic rings. The van der Waals surface area contributed by atoms with Crippen LogP contribution in [0.4, 0.5) is 5.13 Å². The number of anilines is 1. The van der Waals surface area contributed by atoms with Crippen LogP contribution in [0.5, 0.6) is 0 Å². The van der Waals surface area contributed by atoms with Crippen LogP contribution in [0, 0.1) is 6.92 Å². The predicted molar refractivity (Wildman–Crippen MR) is 94.0 cm³/mol. The molecule has 0 spiro atoms. The van der Waals surface area contributed by atoms with Crippen molar-refractivity contribution in [3.05, 3.63) is 22.2 Å². The molecule has 1 aliphatic heterocycles. The summed E-state index contributed by atoms with van der Waals surface area (Å²) >= 11 is 1.52. The van der Waals surface area contributed by atoms with Gasteiger partial charge in [0.25, 0.3) is 0 Å². The first-order chi connectivity index (χ1) is 12.5. The Morgan fingerprint density at radius 3 is 2.88 bits per heavy atom. The highest BCUT2D eigenvalue weighted by atomic mass is 32.1. The third kappa shape index (κ3) is 3.21. The SMILES string of the molecule is Cc1nnc2n1CC(C(=O)O)N(CC(=O)Nc1nc3c(s1)CCCC3)C2. The number of hydrogen-bond donors (Lipinski definition) is 2. The van der Waals surface area contributed by atoms with Crippen LogP contribution in [0.25, 0.3) is 0 Å². The Labute approximate surface area is 154 Å². The molecular weight excluding hydrogens is 356 g/mol. The summed E-state index contributed by atoms with van der Waals surface area (Å²) in [5.74, 6) is 0.148. The number of thiazole rings is 1. The Bertz CT molecular complexity index is 837. The summed E-state index contributed by atoms with van der Waals surface area (Å²) in [5, 5.41) is 21.0. The van der Waals surface area contributed by atoms with E-state index in [1.54, 1.807) is 16.4 Å². The van der Waals surface area contributed by atoms with Crippen LogP contribution in [-0.4, -0.2) is 54.2 Å². The van der Waals surface area contributed by atoms with Crippen LogP contribution >= 0.6 is 11.3 Å². The molecular formula is C16H20N6O3S. The number of aliphatic carboxylic acids is 1. The van der Waals surface area contributed by atoms with Crippen molar-refractivity contribution in [1.82, 2.24) is 24.6 Å². The summed E-state index contributed by atoms with van der Waals surface area (Å²) in [5.41, 5.74) is 1.08. The zero-order valence-electron chi connectivity index (χ0n) is 14.4. The number of carbonyl (C=O) groups is 2. The van der Waals surface area contributed by atoms with E-state index >= 15 is 0 Å². The molecule has 138 valence electrons. The molecule has 1 atom stereocenters. The molecule has 4 rings (SSSR count). The summed E-state index contributed by atoms with van der Waals surface area (Å²) in [7, 11) is 0. The smallest absolute Gasteiger partial charge is 0.322 e. The highest BCUT2D eigenvalue weighted by Gasteiger charge is 2.34. The van der Waals surface area contributed by atoms with E-state index in [9.17, 15) is 14.7 Å². The molecule has 0 saturated heterocycles. The normalized spacial score (nSPS) is 19.7. The first-order valence-corrected chi connectivity index (χ1v) is 9.47. The van der Waals surface area contributed by atoms with Gasteiger partial charge in [-0.2, -0.15) is 0 Å². The molecule has 0 aromatic carbocycles. The van der Waals surface area contributed by atoms with E-state index < -0.39 is 12.0 Å². The molecule has 0 fully saturated rings. The van der Waals surface area contributed by atoms with Crippen molar-refractivity contribution in [3.8, 4) is 0 Å². The number of hydrogen-bond acceptors (Lipinski definition) is 7. The minimum atomic E-state index is -0.957. The van der Waals surface area contributed by atoms with Gasteiger partial charge in [0.05, 0.1) is 25.3 Å². The molecule has 2 N–H and O–H groups in total. The second kappa shape index (κ2) is 6.76. The molecule has 9 nitrogen and oxygen atoms in total. The van der Waals surface area contributed by atoms with Gasteiger partial charge in [-0.3, -0.25) is 14.5 Å². The number of aryl methyl sites for hydroxylation is 3. The molecule has 3 heterocycles. The maximum absolute atomic E-state index is 12.5. The number of amides is 1. The fourth-order valence-electron chi connectivity index (χ4n) is 3.51. The molecule has 2 aromatic heterocycles. The number of carboxylic acids is 1. The van der Waals surface area contributed by atoms with Gasteiger partial charge in [0.2, 0.25) is 5.91 Å². The standard InChI is InChI=1S/C16H20N6O3S/c1-9-19-20-13-7-21(11(15(24)25)6-22(9)13)8-14(23)18-16-17-10-4-2-3-5-12(10)26-16/h11H,2-8H2,1H3,(H,24,25)(H,17,18,23). The Morgan fingerprint density at radius 2 is 2.12 bits per heavy atom. The summed E-state index contributed by atoms with van der Waals surface area (Å²) < 4.78 is 1.79. The van der Waals surface area contributed by atoms with Crippen LogP contribution in [-0.2, 0) is 35.5 Å². The molecule has 1 unspecified atom stereocenters. The first kappa shape index (κ1) is 17.1. The lowest BCUT2D eigenvalue weighted by Crippen LogP contribution is -2.50. The number of aromatic nitrogens is 4. The van der Waals surface area contributed by atoms with Crippen molar-refractivity contribution >= 4 is 28.3 Å². The monoisotopic (exact) mass is 376 g/mol. The Hall–Kier alpha value is -2.33. The number of nitrogens with one attached hydrogen (secondary N) is 1. The van der Waals surface area contributed by atoms with E-state index in [1.165, 1.54) is 16.2 Å². The summed E-state index contributed by atoms with van der Waals surface area (Å²) in [4.78, 5) is 31.5. The topological polar surface area (TPSA) is 113 Å². The van der Waals surface area contributed by atoms with Crippen LogP contribution in [0.2, 0.25) is 0 Å². The molecule has 10 heteroatoms. The lowest BCUT2D eigenvalue weighted by Gasteiger charge is -2.32. The van der Waals surface area contributed by atoms with Crippen molar-refractivity contribution in [1.29, 1.82) is 0 Å². The van der Waals surface area contributed by atoms with Gasteiger partial charge in [-0.15, -0.1) is 21.5 Å². The van der Waals surface area contributed by atoms with Gasteiger partial charge in [-0.05, 0) is 32.6 Å². The van der Waals surface area contributed by atoms with Crippen molar-refractivity contribution in [3.63, 3.8) is 0 Å². The molecule has 0 radical (unpaired) electrons. The van der Waals surface area contributed by atoms with E-state index in [2.05, 4.69) is 20.5 Å². The fraction of sp³-hybridized carbons (Fsp3) is 0.562. The van der Waals surface area contributed by atoms with E-state index in [0.29, 0.717) is 16.8 Å². The highest BCUT2D eigenvalue weighted by molar-refractivity contribution is 7.15. The Kier molecular flexibility index (Phi) is 4.45. The van der Waals surface area contributed by atoms with Gasteiger partial charge < -0.3 is 15.0 Å². The molecule has 2 aromatic rings. The second-order valence-electron chi connectivity index (χ2n) is 6.68. The molecule has 0 saturated carbocycles. The quantitative estimate of drug-likeness (QED) is 0.812. The first-order valence-electron chi connectivity index (χ1n) is 8.65. The van der Waals surface area contributed by atoms with Crippen molar-refractivity contribution in [2.24, 2.45) is 0 Å². The number of fused-ring (bicyclic) bond motifs is 2.